The Bertz CT molecular complexity index is 343. The van der Waals surface area contributed by atoms with Crippen LogP contribution in [0.3, 0.4) is 0 Å². The first-order chi connectivity index (χ1) is 6.68. The van der Waals surface area contributed by atoms with E-state index in [4.69, 9.17) is 0 Å². The summed E-state index contributed by atoms with van der Waals surface area (Å²) in [6, 6.07) is 8.67. The molecule has 0 saturated heterocycles. The fourth-order valence-corrected chi connectivity index (χ4v) is 1.66. The van der Waals surface area contributed by atoms with E-state index in [0.717, 1.165) is 6.42 Å². The average Bonchev–Trinajstić information content (AvgIpc) is 2.99. The van der Waals surface area contributed by atoms with Gasteiger partial charge in [0.25, 0.3) is 0 Å². The largest absolute Gasteiger partial charge is 0.215 e. The molecule has 0 fully saturated rings. The van der Waals surface area contributed by atoms with E-state index in [-0.39, 0.29) is 5.66 Å². The smallest absolute Gasteiger partial charge is 0.154 e. The van der Waals surface area contributed by atoms with Crippen molar-refractivity contribution in [3.8, 4) is 0 Å². The van der Waals surface area contributed by atoms with Gasteiger partial charge in [0.15, 0.2) is 0 Å². The van der Waals surface area contributed by atoms with Crippen LogP contribution in [0.5, 0.6) is 0 Å². The number of benzene rings is 1. The first-order valence-corrected chi connectivity index (χ1v) is 5.22. The number of hydrogen-bond donors (Lipinski definition) is 0. The molecule has 1 aliphatic rings. The Balaban J connectivity index is 2.22. The molecular weight excluding hydrogens is 172 g/mol. The van der Waals surface area contributed by atoms with E-state index in [2.05, 4.69) is 55.3 Å². The van der Waals surface area contributed by atoms with Crippen LogP contribution in [0.15, 0.2) is 34.5 Å². The zero-order chi connectivity index (χ0) is 10.2. The second-order valence-electron chi connectivity index (χ2n) is 4.15. The maximum Gasteiger partial charge on any atom is 0.215 e. The highest BCUT2D eigenvalue weighted by Gasteiger charge is 2.39. The molecule has 0 bridgehead atoms. The molecule has 74 valence electrons. The van der Waals surface area contributed by atoms with Gasteiger partial charge < -0.3 is 0 Å². The fourth-order valence-electron chi connectivity index (χ4n) is 1.66. The summed E-state index contributed by atoms with van der Waals surface area (Å²) < 4.78 is 0. The van der Waals surface area contributed by atoms with Gasteiger partial charge in [0.05, 0.1) is 0 Å². The first kappa shape index (κ1) is 9.38. The van der Waals surface area contributed by atoms with Crippen LogP contribution in [-0.2, 0) is 5.66 Å². The minimum atomic E-state index is -0.185. The Labute approximate surface area is 85.1 Å². The van der Waals surface area contributed by atoms with Crippen molar-refractivity contribution in [3.05, 3.63) is 35.4 Å². The quantitative estimate of drug-likeness (QED) is 0.688. The summed E-state index contributed by atoms with van der Waals surface area (Å²) in [6.07, 6.45) is 0.966. The molecule has 14 heavy (non-hydrogen) atoms. The number of hydrogen-bond acceptors (Lipinski definition) is 2. The highest BCUT2D eigenvalue weighted by Crippen LogP contribution is 2.42. The highest BCUT2D eigenvalue weighted by molar-refractivity contribution is 5.31. The summed E-state index contributed by atoms with van der Waals surface area (Å²) in [5.41, 5.74) is 2.42. The van der Waals surface area contributed by atoms with Crippen LogP contribution in [-0.4, -0.2) is 0 Å². The van der Waals surface area contributed by atoms with Gasteiger partial charge in [-0.05, 0) is 17.9 Å². The summed E-state index contributed by atoms with van der Waals surface area (Å²) in [4.78, 5) is 0. The lowest BCUT2D eigenvalue weighted by Gasteiger charge is -2.10. The van der Waals surface area contributed by atoms with Crippen LogP contribution in [0, 0.1) is 0 Å². The van der Waals surface area contributed by atoms with Crippen LogP contribution in [0.2, 0.25) is 0 Å². The van der Waals surface area contributed by atoms with Gasteiger partial charge in [-0.1, -0.05) is 45.0 Å². The Morgan fingerprint density at radius 3 is 2.07 bits per heavy atom. The van der Waals surface area contributed by atoms with Crippen molar-refractivity contribution in [1.82, 2.24) is 0 Å². The van der Waals surface area contributed by atoms with E-state index >= 15 is 0 Å². The second kappa shape index (κ2) is 3.19. The maximum atomic E-state index is 4.12. The van der Waals surface area contributed by atoms with Gasteiger partial charge in [0, 0.05) is 5.56 Å². The molecule has 0 aromatic heterocycles. The molecule has 1 aromatic rings. The third-order valence-corrected chi connectivity index (χ3v) is 2.87. The lowest BCUT2D eigenvalue weighted by Crippen LogP contribution is -2.06. The minimum absolute atomic E-state index is 0.185. The molecule has 0 spiro atoms. The zero-order valence-corrected chi connectivity index (χ0v) is 8.99. The zero-order valence-electron chi connectivity index (χ0n) is 8.99. The minimum Gasteiger partial charge on any atom is -0.154 e. The summed E-state index contributed by atoms with van der Waals surface area (Å²) in [6.45, 7) is 6.53. The summed E-state index contributed by atoms with van der Waals surface area (Å²) in [7, 11) is 0. The molecular formula is C12H16N2. The maximum absolute atomic E-state index is 4.12. The molecule has 2 rings (SSSR count). The molecule has 0 atom stereocenters. The van der Waals surface area contributed by atoms with Crippen LogP contribution in [0.4, 0.5) is 0 Å². The van der Waals surface area contributed by atoms with E-state index in [1.165, 1.54) is 11.1 Å². The Morgan fingerprint density at radius 2 is 1.71 bits per heavy atom. The second-order valence-corrected chi connectivity index (χ2v) is 4.15. The summed E-state index contributed by atoms with van der Waals surface area (Å²) in [5.74, 6) is 0.592. The van der Waals surface area contributed by atoms with Gasteiger partial charge in [-0.25, -0.2) is 0 Å². The van der Waals surface area contributed by atoms with Crippen LogP contribution in [0.1, 0.15) is 44.2 Å². The lowest BCUT2D eigenvalue weighted by atomic mass is 9.96. The molecule has 2 nitrogen and oxygen atoms in total. The molecule has 0 aliphatic carbocycles. The summed E-state index contributed by atoms with van der Waals surface area (Å²) >= 11 is 0. The van der Waals surface area contributed by atoms with Crippen molar-refractivity contribution >= 4 is 0 Å². The molecule has 0 radical (unpaired) electrons. The van der Waals surface area contributed by atoms with E-state index in [0.29, 0.717) is 5.92 Å². The summed E-state index contributed by atoms with van der Waals surface area (Å²) in [5, 5.41) is 8.24. The van der Waals surface area contributed by atoms with Gasteiger partial charge in [-0.15, -0.1) is 0 Å². The van der Waals surface area contributed by atoms with Crippen molar-refractivity contribution in [2.24, 2.45) is 10.2 Å². The monoisotopic (exact) mass is 188 g/mol. The van der Waals surface area contributed by atoms with Gasteiger partial charge in [0.2, 0.25) is 5.66 Å². The topological polar surface area (TPSA) is 24.7 Å². The Kier molecular flexibility index (Phi) is 2.14. The normalized spacial score (nSPS) is 17.4. The average molecular weight is 188 g/mol. The molecule has 2 heteroatoms. The lowest BCUT2D eigenvalue weighted by molar-refractivity contribution is 0.618. The molecule has 0 unspecified atom stereocenters. The molecule has 1 heterocycles. The molecule has 1 aliphatic heterocycles. The van der Waals surface area contributed by atoms with Crippen molar-refractivity contribution < 1.29 is 0 Å². The van der Waals surface area contributed by atoms with Crippen LogP contribution in [0.25, 0.3) is 0 Å². The molecule has 0 amide bonds. The van der Waals surface area contributed by atoms with Crippen molar-refractivity contribution in [3.63, 3.8) is 0 Å². The van der Waals surface area contributed by atoms with Gasteiger partial charge in [-0.2, -0.15) is 10.2 Å². The van der Waals surface area contributed by atoms with E-state index < -0.39 is 0 Å². The molecule has 1 aromatic carbocycles. The highest BCUT2D eigenvalue weighted by atomic mass is 15.4. The standard InChI is InChI=1S/C12H16N2/c1-4-12(13-14-12)11-7-5-10(6-8-11)9(2)3/h5-9H,4H2,1-3H3. The number of nitrogens with zero attached hydrogens (tertiary/aromatic N) is 2. The van der Waals surface area contributed by atoms with Gasteiger partial charge in [0.1, 0.15) is 0 Å². The van der Waals surface area contributed by atoms with Crippen LogP contribution >= 0.6 is 0 Å². The van der Waals surface area contributed by atoms with Crippen molar-refractivity contribution in [1.29, 1.82) is 0 Å². The molecule has 0 N–H and O–H groups in total. The third kappa shape index (κ3) is 1.45. The van der Waals surface area contributed by atoms with Crippen molar-refractivity contribution in [2.45, 2.75) is 38.8 Å². The third-order valence-electron chi connectivity index (χ3n) is 2.87. The predicted octanol–water partition coefficient (Wildman–Crippen LogP) is 3.84. The van der Waals surface area contributed by atoms with Gasteiger partial charge in [-0.3, -0.25) is 0 Å². The van der Waals surface area contributed by atoms with Crippen molar-refractivity contribution in [2.75, 3.05) is 0 Å². The van der Waals surface area contributed by atoms with E-state index in [1.54, 1.807) is 0 Å². The Hall–Kier alpha value is -1.18. The SMILES string of the molecule is CCC1(c2ccc(C(C)C)cc2)N=N1. The first-order valence-electron chi connectivity index (χ1n) is 5.22. The van der Waals surface area contributed by atoms with Gasteiger partial charge >= 0.3 is 0 Å². The van der Waals surface area contributed by atoms with E-state index in [9.17, 15) is 0 Å². The Morgan fingerprint density at radius 1 is 1.14 bits per heavy atom. The molecule has 0 saturated carbocycles. The fraction of sp³-hybridized carbons (Fsp3) is 0.500. The van der Waals surface area contributed by atoms with Crippen LogP contribution < -0.4 is 0 Å². The van der Waals surface area contributed by atoms with E-state index in [1.807, 2.05) is 0 Å². The number of rotatable bonds is 3. The predicted molar refractivity (Wildman–Crippen MR) is 57.4 cm³/mol.